The summed E-state index contributed by atoms with van der Waals surface area (Å²) in [6, 6.07) is 0. The van der Waals surface area contributed by atoms with Gasteiger partial charge < -0.3 is 9.47 Å². The number of Topliss-reactive ketones (excluding diaryl/α,β-unsaturated/α-hetero) is 1. The fraction of sp³-hybridized carbons (Fsp3) is 0.857. The van der Waals surface area contributed by atoms with E-state index in [1.807, 2.05) is 0 Å². The van der Waals surface area contributed by atoms with Crippen LogP contribution in [0.4, 0.5) is 0 Å². The minimum absolute atomic E-state index is 0.118. The third-order valence-corrected chi connectivity index (χ3v) is 1.62. The monoisotopic (exact) mass is 144 g/mol. The van der Waals surface area contributed by atoms with Gasteiger partial charge in [0, 0.05) is 20.0 Å². The average Bonchev–Trinajstić information content (AvgIpc) is 2.31. The van der Waals surface area contributed by atoms with E-state index in [1.54, 1.807) is 7.11 Å². The molecule has 0 saturated heterocycles. The summed E-state index contributed by atoms with van der Waals surface area (Å²) in [5, 5.41) is 0. The Balaban J connectivity index is 2.12. The van der Waals surface area contributed by atoms with Crippen molar-refractivity contribution in [1.82, 2.24) is 0 Å². The van der Waals surface area contributed by atoms with Crippen molar-refractivity contribution in [2.24, 2.45) is 0 Å². The summed E-state index contributed by atoms with van der Waals surface area (Å²) >= 11 is 0. The van der Waals surface area contributed by atoms with Gasteiger partial charge in [-0.25, -0.2) is 0 Å². The van der Waals surface area contributed by atoms with Crippen molar-refractivity contribution < 1.29 is 14.3 Å². The molecule has 0 radical (unpaired) electrons. The zero-order chi connectivity index (χ0) is 7.40. The molecule has 1 saturated carbocycles. The minimum atomic E-state index is 0.118. The van der Waals surface area contributed by atoms with Crippen LogP contribution in [0, 0.1) is 0 Å². The molecule has 0 N–H and O–H groups in total. The Morgan fingerprint density at radius 1 is 1.70 bits per heavy atom. The Kier molecular flexibility index (Phi) is 2.83. The van der Waals surface area contributed by atoms with E-state index in [9.17, 15) is 4.79 Å². The van der Waals surface area contributed by atoms with Crippen LogP contribution in [-0.2, 0) is 14.3 Å². The Labute approximate surface area is 60.3 Å². The van der Waals surface area contributed by atoms with Crippen LogP contribution in [0.15, 0.2) is 0 Å². The van der Waals surface area contributed by atoms with Gasteiger partial charge in [0.2, 0.25) is 0 Å². The summed E-state index contributed by atoms with van der Waals surface area (Å²) in [4.78, 5) is 10.7. The molecule has 0 unspecified atom stereocenters. The van der Waals surface area contributed by atoms with Crippen molar-refractivity contribution >= 4 is 5.78 Å². The molecule has 0 amide bonds. The van der Waals surface area contributed by atoms with Gasteiger partial charge in [0.15, 0.2) is 0 Å². The van der Waals surface area contributed by atoms with Crippen LogP contribution in [0.2, 0.25) is 0 Å². The molecule has 1 aliphatic rings. The average molecular weight is 144 g/mol. The van der Waals surface area contributed by atoms with Crippen LogP contribution in [0.1, 0.15) is 19.3 Å². The van der Waals surface area contributed by atoms with E-state index >= 15 is 0 Å². The van der Waals surface area contributed by atoms with Crippen LogP contribution in [-0.4, -0.2) is 25.8 Å². The third kappa shape index (κ3) is 2.08. The maximum Gasteiger partial charge on any atom is 0.146 e. The molecule has 10 heavy (non-hydrogen) atoms. The van der Waals surface area contributed by atoms with E-state index in [1.165, 1.54) is 0 Å². The second-order valence-electron chi connectivity index (χ2n) is 2.48. The summed E-state index contributed by atoms with van der Waals surface area (Å²) in [7, 11) is 1.58. The summed E-state index contributed by atoms with van der Waals surface area (Å²) in [6.07, 6.45) is 2.23. The minimum Gasteiger partial charge on any atom is -0.359 e. The largest absolute Gasteiger partial charge is 0.359 e. The van der Waals surface area contributed by atoms with Crippen LogP contribution in [0.3, 0.4) is 0 Å². The van der Waals surface area contributed by atoms with Crippen LogP contribution in [0.25, 0.3) is 0 Å². The molecule has 0 aromatic carbocycles. The van der Waals surface area contributed by atoms with E-state index in [0.717, 1.165) is 6.42 Å². The SMILES string of the molecule is COCO[C@@H]1CCC(=O)C1. The fourth-order valence-electron chi connectivity index (χ4n) is 1.09. The molecule has 1 rings (SSSR count). The molecule has 58 valence electrons. The van der Waals surface area contributed by atoms with E-state index < -0.39 is 0 Å². The van der Waals surface area contributed by atoms with Crippen LogP contribution in [0.5, 0.6) is 0 Å². The predicted molar refractivity (Wildman–Crippen MR) is 35.6 cm³/mol. The molecule has 0 aliphatic heterocycles. The number of rotatable bonds is 3. The molecule has 0 spiro atoms. The molecule has 1 fully saturated rings. The first-order valence-corrected chi connectivity index (χ1v) is 3.45. The normalized spacial score (nSPS) is 25.7. The topological polar surface area (TPSA) is 35.5 Å². The molecule has 0 aromatic rings. The fourth-order valence-corrected chi connectivity index (χ4v) is 1.09. The molecule has 3 nitrogen and oxygen atoms in total. The summed E-state index contributed by atoms with van der Waals surface area (Å²) < 4.78 is 9.88. The van der Waals surface area contributed by atoms with E-state index in [0.29, 0.717) is 25.4 Å². The first-order valence-electron chi connectivity index (χ1n) is 3.45. The van der Waals surface area contributed by atoms with Gasteiger partial charge in [-0.15, -0.1) is 0 Å². The molecule has 1 aliphatic carbocycles. The molecular weight excluding hydrogens is 132 g/mol. The number of hydrogen-bond acceptors (Lipinski definition) is 3. The number of carbonyl (C=O) groups is 1. The smallest absolute Gasteiger partial charge is 0.146 e. The lowest BCUT2D eigenvalue weighted by atomic mass is 10.3. The molecule has 0 bridgehead atoms. The second-order valence-corrected chi connectivity index (χ2v) is 2.48. The Hall–Kier alpha value is -0.410. The van der Waals surface area contributed by atoms with Crippen LogP contribution >= 0.6 is 0 Å². The molecular formula is C7H12O3. The highest BCUT2D eigenvalue weighted by molar-refractivity contribution is 5.80. The quantitative estimate of drug-likeness (QED) is 0.548. The van der Waals surface area contributed by atoms with Gasteiger partial charge in [-0.1, -0.05) is 0 Å². The van der Waals surface area contributed by atoms with Gasteiger partial charge in [0.1, 0.15) is 12.6 Å². The van der Waals surface area contributed by atoms with Gasteiger partial charge >= 0.3 is 0 Å². The molecule has 1 atom stereocenters. The Bertz CT molecular complexity index is 122. The first kappa shape index (κ1) is 7.69. The molecule has 3 heteroatoms. The zero-order valence-corrected chi connectivity index (χ0v) is 6.13. The van der Waals surface area contributed by atoms with Crippen molar-refractivity contribution in [3.8, 4) is 0 Å². The number of methoxy groups -OCH3 is 1. The van der Waals surface area contributed by atoms with Gasteiger partial charge in [-0.05, 0) is 6.42 Å². The van der Waals surface area contributed by atoms with Crippen LogP contribution < -0.4 is 0 Å². The van der Waals surface area contributed by atoms with Crippen molar-refractivity contribution in [2.75, 3.05) is 13.9 Å². The summed E-state index contributed by atoms with van der Waals surface area (Å²) in [6.45, 7) is 0.304. The summed E-state index contributed by atoms with van der Waals surface area (Å²) in [5.41, 5.74) is 0. The number of hydrogen-bond donors (Lipinski definition) is 0. The summed E-state index contributed by atoms with van der Waals surface area (Å²) in [5.74, 6) is 0.307. The number of ether oxygens (including phenoxy) is 2. The first-order chi connectivity index (χ1) is 4.83. The van der Waals surface area contributed by atoms with Crippen molar-refractivity contribution in [3.05, 3.63) is 0 Å². The van der Waals surface area contributed by atoms with Gasteiger partial charge in [-0.2, -0.15) is 0 Å². The van der Waals surface area contributed by atoms with E-state index in [-0.39, 0.29) is 6.10 Å². The lowest BCUT2D eigenvalue weighted by molar-refractivity contribution is -0.119. The standard InChI is InChI=1S/C7H12O3/c1-9-5-10-7-3-2-6(8)4-7/h7H,2-5H2,1H3/t7-/m1/s1. The molecule has 0 heterocycles. The maximum absolute atomic E-state index is 10.7. The number of carbonyl (C=O) groups excluding carboxylic acids is 1. The zero-order valence-electron chi connectivity index (χ0n) is 6.13. The highest BCUT2D eigenvalue weighted by atomic mass is 16.7. The van der Waals surface area contributed by atoms with Gasteiger partial charge in [0.05, 0.1) is 6.10 Å². The van der Waals surface area contributed by atoms with E-state index in [2.05, 4.69) is 0 Å². The highest BCUT2D eigenvalue weighted by Crippen LogP contribution is 2.17. The lowest BCUT2D eigenvalue weighted by Crippen LogP contribution is -2.10. The lowest BCUT2D eigenvalue weighted by Gasteiger charge is -2.07. The highest BCUT2D eigenvalue weighted by Gasteiger charge is 2.21. The van der Waals surface area contributed by atoms with Crippen molar-refractivity contribution in [3.63, 3.8) is 0 Å². The van der Waals surface area contributed by atoms with Crippen molar-refractivity contribution in [1.29, 1.82) is 0 Å². The Morgan fingerprint density at radius 2 is 2.50 bits per heavy atom. The Morgan fingerprint density at radius 3 is 3.00 bits per heavy atom. The predicted octanol–water partition coefficient (Wildman–Crippen LogP) is 0.729. The molecule has 0 aromatic heterocycles. The third-order valence-electron chi connectivity index (χ3n) is 1.62. The van der Waals surface area contributed by atoms with E-state index in [4.69, 9.17) is 9.47 Å². The van der Waals surface area contributed by atoms with Crippen molar-refractivity contribution in [2.45, 2.75) is 25.4 Å². The van der Waals surface area contributed by atoms with Gasteiger partial charge in [0.25, 0.3) is 0 Å². The van der Waals surface area contributed by atoms with Gasteiger partial charge in [-0.3, -0.25) is 4.79 Å². The maximum atomic E-state index is 10.7. The number of ketones is 1. The second kappa shape index (κ2) is 3.68.